The van der Waals surface area contributed by atoms with E-state index in [4.69, 9.17) is 4.74 Å². The van der Waals surface area contributed by atoms with Crippen molar-refractivity contribution in [2.24, 2.45) is 0 Å². The molecular weight excluding hydrogens is 306 g/mol. The van der Waals surface area contributed by atoms with Gasteiger partial charge in [0.15, 0.2) is 0 Å². The summed E-state index contributed by atoms with van der Waals surface area (Å²) in [7, 11) is 0. The topological polar surface area (TPSA) is 29.5 Å². The number of hydrogen-bond acceptors (Lipinski definition) is 2. The first-order valence-electron chi connectivity index (χ1n) is 6.59. The molecule has 1 unspecified atom stereocenters. The molecular formula is C15H20BrNO2. The fraction of sp³-hybridized carbons (Fsp3) is 0.533. The highest BCUT2D eigenvalue weighted by molar-refractivity contribution is 9.10. The van der Waals surface area contributed by atoms with Crippen LogP contribution < -0.4 is 4.90 Å². The molecule has 0 fully saturated rings. The van der Waals surface area contributed by atoms with Gasteiger partial charge in [-0.15, -0.1) is 0 Å². The normalized spacial score (nSPS) is 19.0. The number of benzene rings is 1. The molecule has 1 aliphatic rings. The molecule has 0 radical (unpaired) electrons. The minimum absolute atomic E-state index is 0.164. The molecule has 3 nitrogen and oxygen atoms in total. The zero-order valence-corrected chi connectivity index (χ0v) is 13.5. The fourth-order valence-electron chi connectivity index (χ4n) is 2.33. The Kier molecular flexibility index (Phi) is 3.90. The van der Waals surface area contributed by atoms with Crippen molar-refractivity contribution < 1.29 is 9.53 Å². The van der Waals surface area contributed by atoms with E-state index in [0.717, 1.165) is 23.0 Å². The van der Waals surface area contributed by atoms with Gasteiger partial charge in [-0.1, -0.05) is 22.0 Å². The van der Waals surface area contributed by atoms with Crippen LogP contribution >= 0.6 is 15.9 Å². The van der Waals surface area contributed by atoms with Crippen molar-refractivity contribution in [1.82, 2.24) is 0 Å². The molecule has 1 heterocycles. The summed E-state index contributed by atoms with van der Waals surface area (Å²) in [5, 5.41) is 0. The van der Waals surface area contributed by atoms with Gasteiger partial charge >= 0.3 is 6.09 Å². The first kappa shape index (κ1) is 14.4. The molecule has 1 amide bonds. The third-order valence-electron chi connectivity index (χ3n) is 3.20. The van der Waals surface area contributed by atoms with Crippen LogP contribution in [0.3, 0.4) is 0 Å². The monoisotopic (exact) mass is 325 g/mol. The Morgan fingerprint density at radius 2 is 2.11 bits per heavy atom. The second kappa shape index (κ2) is 5.16. The predicted molar refractivity (Wildman–Crippen MR) is 80.6 cm³/mol. The largest absolute Gasteiger partial charge is 0.443 e. The summed E-state index contributed by atoms with van der Waals surface area (Å²) in [4.78, 5) is 14.2. The van der Waals surface area contributed by atoms with Gasteiger partial charge in [0.25, 0.3) is 0 Å². The Morgan fingerprint density at radius 3 is 2.74 bits per heavy atom. The van der Waals surface area contributed by atoms with Crippen LogP contribution in [0.1, 0.15) is 39.7 Å². The minimum Gasteiger partial charge on any atom is -0.443 e. The molecule has 0 spiro atoms. The molecule has 1 aliphatic heterocycles. The molecule has 1 aromatic rings. The van der Waals surface area contributed by atoms with Crippen LogP contribution in [0.2, 0.25) is 0 Å². The van der Waals surface area contributed by atoms with Crippen molar-refractivity contribution in [2.75, 3.05) is 4.90 Å². The van der Waals surface area contributed by atoms with E-state index in [0.29, 0.717) is 0 Å². The average Bonchev–Trinajstić information content (AvgIpc) is 2.26. The van der Waals surface area contributed by atoms with Gasteiger partial charge in [0.05, 0.1) is 5.69 Å². The minimum atomic E-state index is -0.472. The van der Waals surface area contributed by atoms with E-state index >= 15 is 0 Å². The van der Waals surface area contributed by atoms with Gasteiger partial charge in [0, 0.05) is 10.5 Å². The van der Waals surface area contributed by atoms with Crippen molar-refractivity contribution in [3.05, 3.63) is 28.2 Å². The molecule has 104 valence electrons. The van der Waals surface area contributed by atoms with Crippen molar-refractivity contribution in [2.45, 2.75) is 52.2 Å². The molecule has 0 aliphatic carbocycles. The maximum atomic E-state index is 12.4. The Balaban J connectivity index is 2.36. The van der Waals surface area contributed by atoms with E-state index in [9.17, 15) is 4.79 Å². The van der Waals surface area contributed by atoms with Gasteiger partial charge in [0.2, 0.25) is 0 Å². The van der Waals surface area contributed by atoms with Crippen LogP contribution in [0.4, 0.5) is 10.5 Å². The standard InChI is InChI=1S/C15H20BrNO2/c1-10-8-9-11-12(16)6-5-7-13(11)17(10)14(18)19-15(2,3)4/h5-7,10H,8-9H2,1-4H3. The lowest BCUT2D eigenvalue weighted by Gasteiger charge is -2.36. The summed E-state index contributed by atoms with van der Waals surface area (Å²) in [6.07, 6.45) is 1.67. The summed E-state index contributed by atoms with van der Waals surface area (Å²) < 4.78 is 6.58. The van der Waals surface area contributed by atoms with Crippen molar-refractivity contribution >= 4 is 27.7 Å². The van der Waals surface area contributed by atoms with Gasteiger partial charge < -0.3 is 4.74 Å². The lowest BCUT2D eigenvalue weighted by atomic mass is 9.97. The maximum absolute atomic E-state index is 12.4. The van der Waals surface area contributed by atoms with E-state index in [2.05, 4.69) is 22.9 Å². The smallest absolute Gasteiger partial charge is 0.415 e. The van der Waals surface area contributed by atoms with E-state index in [1.807, 2.05) is 39.0 Å². The number of carbonyl (C=O) groups is 1. The first-order valence-corrected chi connectivity index (χ1v) is 7.38. The zero-order chi connectivity index (χ0) is 14.2. The lowest BCUT2D eigenvalue weighted by molar-refractivity contribution is 0.0563. The Bertz CT molecular complexity index is 493. The molecule has 0 N–H and O–H groups in total. The van der Waals surface area contributed by atoms with Gasteiger partial charge in [-0.2, -0.15) is 0 Å². The Morgan fingerprint density at radius 1 is 1.42 bits per heavy atom. The summed E-state index contributed by atoms with van der Waals surface area (Å²) in [5.74, 6) is 0. The summed E-state index contributed by atoms with van der Waals surface area (Å²) >= 11 is 3.56. The highest BCUT2D eigenvalue weighted by Gasteiger charge is 2.32. The maximum Gasteiger partial charge on any atom is 0.415 e. The fourth-order valence-corrected chi connectivity index (χ4v) is 2.88. The van der Waals surface area contributed by atoms with Gasteiger partial charge in [-0.25, -0.2) is 4.79 Å². The second-order valence-corrected chi connectivity index (χ2v) is 6.83. The van der Waals surface area contributed by atoms with Crippen LogP contribution in [-0.4, -0.2) is 17.7 Å². The number of rotatable bonds is 0. The molecule has 0 saturated carbocycles. The van der Waals surface area contributed by atoms with Gasteiger partial charge in [0.1, 0.15) is 5.60 Å². The van der Waals surface area contributed by atoms with Crippen LogP contribution in [-0.2, 0) is 11.2 Å². The van der Waals surface area contributed by atoms with Crippen LogP contribution in [0.5, 0.6) is 0 Å². The first-order chi connectivity index (χ1) is 8.79. The van der Waals surface area contributed by atoms with Crippen LogP contribution in [0, 0.1) is 0 Å². The van der Waals surface area contributed by atoms with Crippen molar-refractivity contribution in [3.8, 4) is 0 Å². The molecule has 0 bridgehead atoms. The van der Waals surface area contributed by atoms with Gasteiger partial charge in [-0.05, 0) is 58.2 Å². The summed E-state index contributed by atoms with van der Waals surface area (Å²) in [6, 6.07) is 6.12. The van der Waals surface area contributed by atoms with Crippen molar-refractivity contribution in [1.29, 1.82) is 0 Å². The number of anilines is 1. The Hall–Kier alpha value is -1.03. The van der Waals surface area contributed by atoms with Crippen molar-refractivity contribution in [3.63, 3.8) is 0 Å². The highest BCUT2D eigenvalue weighted by Crippen LogP contribution is 2.36. The number of hydrogen-bond donors (Lipinski definition) is 0. The number of fused-ring (bicyclic) bond motifs is 1. The van der Waals surface area contributed by atoms with E-state index in [-0.39, 0.29) is 12.1 Å². The molecule has 2 rings (SSSR count). The third-order valence-corrected chi connectivity index (χ3v) is 3.94. The van der Waals surface area contributed by atoms with E-state index < -0.39 is 5.60 Å². The molecule has 0 aromatic heterocycles. The summed E-state index contributed by atoms with van der Waals surface area (Å²) in [5.41, 5.74) is 1.68. The second-order valence-electron chi connectivity index (χ2n) is 5.98. The molecule has 4 heteroatoms. The third kappa shape index (κ3) is 3.11. The molecule has 1 atom stereocenters. The van der Waals surface area contributed by atoms with Gasteiger partial charge in [-0.3, -0.25) is 4.90 Å². The number of amides is 1. The SMILES string of the molecule is CC1CCc2c(Br)cccc2N1C(=O)OC(C)(C)C. The number of nitrogens with zero attached hydrogens (tertiary/aromatic N) is 1. The lowest BCUT2D eigenvalue weighted by Crippen LogP contribution is -2.45. The zero-order valence-electron chi connectivity index (χ0n) is 11.9. The average molecular weight is 326 g/mol. The number of ether oxygens (including phenoxy) is 1. The molecule has 0 saturated heterocycles. The highest BCUT2D eigenvalue weighted by atomic mass is 79.9. The van der Waals surface area contributed by atoms with E-state index in [1.54, 1.807) is 4.90 Å². The van der Waals surface area contributed by atoms with Crippen LogP contribution in [0.25, 0.3) is 0 Å². The van der Waals surface area contributed by atoms with Crippen LogP contribution in [0.15, 0.2) is 22.7 Å². The van der Waals surface area contributed by atoms with E-state index in [1.165, 1.54) is 5.56 Å². The predicted octanol–water partition coefficient (Wildman–Crippen LogP) is 4.53. The quantitative estimate of drug-likeness (QED) is 0.701. The molecule has 1 aromatic carbocycles. The number of halogens is 1. The Labute approximate surface area is 123 Å². The molecule has 19 heavy (non-hydrogen) atoms. The number of carbonyl (C=O) groups excluding carboxylic acids is 1. The summed E-state index contributed by atoms with van der Waals surface area (Å²) in [6.45, 7) is 7.73.